The number of benzene rings is 1. The Morgan fingerprint density at radius 1 is 1.58 bits per heavy atom. The smallest absolute Gasteiger partial charge is 0.311 e. The van der Waals surface area contributed by atoms with Crippen LogP contribution >= 0.6 is 0 Å². The van der Waals surface area contributed by atoms with Crippen LogP contribution in [0.1, 0.15) is 13.8 Å². The first-order valence-corrected chi connectivity index (χ1v) is 6.01. The molecule has 1 rings (SSSR count). The summed E-state index contributed by atoms with van der Waals surface area (Å²) in [5.74, 6) is 0.136. The number of anilines is 1. The highest BCUT2D eigenvalue weighted by Crippen LogP contribution is 2.31. The molecule has 19 heavy (non-hydrogen) atoms. The molecule has 0 amide bonds. The average Bonchev–Trinajstić information content (AvgIpc) is 2.38. The first-order chi connectivity index (χ1) is 8.99. The van der Waals surface area contributed by atoms with Crippen molar-refractivity contribution in [2.45, 2.75) is 13.8 Å². The van der Waals surface area contributed by atoms with Gasteiger partial charge in [-0.1, -0.05) is 0 Å². The lowest BCUT2D eigenvalue weighted by molar-refractivity contribution is -0.385. The molecule has 6 nitrogen and oxygen atoms in total. The molecule has 102 valence electrons. The van der Waals surface area contributed by atoms with E-state index in [0.717, 1.165) is 5.69 Å². The molecule has 0 spiro atoms. The number of hydrogen-bond donors (Lipinski definition) is 0. The second kappa shape index (κ2) is 6.59. The molecule has 1 unspecified atom stereocenters. The molecule has 0 N–H and O–H groups in total. The number of nitro groups is 1. The Morgan fingerprint density at radius 3 is 2.79 bits per heavy atom. The van der Waals surface area contributed by atoms with Gasteiger partial charge in [-0.15, -0.1) is 0 Å². The van der Waals surface area contributed by atoms with Gasteiger partial charge in [0.25, 0.3) is 0 Å². The zero-order valence-corrected chi connectivity index (χ0v) is 11.3. The van der Waals surface area contributed by atoms with Crippen LogP contribution in [0.5, 0.6) is 5.75 Å². The Balaban J connectivity index is 3.01. The SMILES string of the molecule is CCOc1cc(N(C)CC(C)C#N)ccc1[N+](=O)[O-]. The number of nitrogens with zero attached hydrogens (tertiary/aromatic N) is 3. The van der Waals surface area contributed by atoms with Crippen molar-refractivity contribution in [3.63, 3.8) is 0 Å². The molecule has 0 fully saturated rings. The Labute approximate surface area is 112 Å². The number of ether oxygens (including phenoxy) is 1. The number of hydrogen-bond acceptors (Lipinski definition) is 5. The minimum absolute atomic E-state index is 0.0488. The van der Waals surface area contributed by atoms with Crippen LogP contribution in [0.25, 0.3) is 0 Å². The third-order valence-corrected chi connectivity index (χ3v) is 2.65. The van der Waals surface area contributed by atoms with E-state index in [9.17, 15) is 10.1 Å². The lowest BCUT2D eigenvalue weighted by atomic mass is 10.2. The Bertz CT molecular complexity index is 496. The van der Waals surface area contributed by atoms with Gasteiger partial charge in [0.1, 0.15) is 0 Å². The van der Waals surface area contributed by atoms with Crippen LogP contribution in [0, 0.1) is 27.4 Å². The Kier molecular flexibility index (Phi) is 5.12. The average molecular weight is 263 g/mol. The zero-order valence-electron chi connectivity index (χ0n) is 11.3. The van der Waals surface area contributed by atoms with Crippen molar-refractivity contribution in [1.82, 2.24) is 0 Å². The van der Waals surface area contributed by atoms with E-state index < -0.39 is 4.92 Å². The topological polar surface area (TPSA) is 79.4 Å². The number of rotatable bonds is 6. The third-order valence-electron chi connectivity index (χ3n) is 2.65. The molecule has 6 heteroatoms. The molecule has 0 aliphatic carbocycles. The van der Waals surface area contributed by atoms with Crippen molar-refractivity contribution < 1.29 is 9.66 Å². The normalized spacial score (nSPS) is 11.5. The lowest BCUT2D eigenvalue weighted by Gasteiger charge is -2.21. The van der Waals surface area contributed by atoms with Gasteiger partial charge >= 0.3 is 5.69 Å². The van der Waals surface area contributed by atoms with E-state index in [1.165, 1.54) is 6.07 Å². The van der Waals surface area contributed by atoms with Crippen molar-refractivity contribution in [1.29, 1.82) is 5.26 Å². The fourth-order valence-electron chi connectivity index (χ4n) is 1.72. The van der Waals surface area contributed by atoms with E-state index in [1.54, 1.807) is 19.1 Å². The molecule has 1 atom stereocenters. The van der Waals surface area contributed by atoms with Crippen LogP contribution in [0.15, 0.2) is 18.2 Å². The largest absolute Gasteiger partial charge is 0.487 e. The summed E-state index contributed by atoms with van der Waals surface area (Å²) in [6.07, 6.45) is 0. The van der Waals surface area contributed by atoms with E-state index in [-0.39, 0.29) is 17.4 Å². The van der Waals surface area contributed by atoms with Crippen molar-refractivity contribution in [2.24, 2.45) is 5.92 Å². The lowest BCUT2D eigenvalue weighted by Crippen LogP contribution is -2.23. The summed E-state index contributed by atoms with van der Waals surface area (Å²) in [4.78, 5) is 12.3. The van der Waals surface area contributed by atoms with Gasteiger partial charge in [0.05, 0.1) is 23.5 Å². The molecule has 0 saturated heterocycles. The second-order valence-corrected chi connectivity index (χ2v) is 4.25. The highest BCUT2D eigenvalue weighted by atomic mass is 16.6. The molecule has 0 saturated carbocycles. The summed E-state index contributed by atoms with van der Waals surface area (Å²) in [5.41, 5.74) is 0.739. The van der Waals surface area contributed by atoms with Gasteiger partial charge in [-0.2, -0.15) is 5.26 Å². The first kappa shape index (κ1) is 14.8. The van der Waals surface area contributed by atoms with Gasteiger partial charge in [0.15, 0.2) is 5.75 Å². The van der Waals surface area contributed by atoms with Gasteiger partial charge < -0.3 is 9.64 Å². The van der Waals surface area contributed by atoms with Crippen molar-refractivity contribution in [3.05, 3.63) is 28.3 Å². The van der Waals surface area contributed by atoms with Gasteiger partial charge in [-0.05, 0) is 19.9 Å². The maximum absolute atomic E-state index is 10.9. The van der Waals surface area contributed by atoms with Crippen LogP contribution in [-0.4, -0.2) is 25.1 Å². The summed E-state index contributed by atoms with van der Waals surface area (Å²) < 4.78 is 5.29. The predicted octanol–water partition coefficient (Wildman–Crippen LogP) is 2.59. The van der Waals surface area contributed by atoms with Crippen molar-refractivity contribution in [2.75, 3.05) is 25.1 Å². The zero-order chi connectivity index (χ0) is 14.4. The van der Waals surface area contributed by atoms with Crippen LogP contribution in [0.3, 0.4) is 0 Å². The van der Waals surface area contributed by atoms with E-state index in [4.69, 9.17) is 10.00 Å². The van der Waals surface area contributed by atoms with E-state index in [0.29, 0.717) is 13.2 Å². The fourth-order valence-corrected chi connectivity index (χ4v) is 1.72. The van der Waals surface area contributed by atoms with Gasteiger partial charge in [0, 0.05) is 31.4 Å². The molecule has 0 aliphatic heterocycles. The maximum atomic E-state index is 10.9. The monoisotopic (exact) mass is 263 g/mol. The quantitative estimate of drug-likeness (QED) is 0.582. The Hall–Kier alpha value is -2.29. The molecule has 0 heterocycles. The van der Waals surface area contributed by atoms with E-state index >= 15 is 0 Å². The van der Waals surface area contributed by atoms with E-state index in [1.807, 2.05) is 18.9 Å². The number of nitro benzene ring substituents is 1. The van der Waals surface area contributed by atoms with Crippen LogP contribution < -0.4 is 9.64 Å². The van der Waals surface area contributed by atoms with Crippen molar-refractivity contribution >= 4 is 11.4 Å². The Morgan fingerprint density at radius 2 is 2.26 bits per heavy atom. The second-order valence-electron chi connectivity index (χ2n) is 4.25. The van der Waals surface area contributed by atoms with Gasteiger partial charge in [0.2, 0.25) is 0 Å². The van der Waals surface area contributed by atoms with Crippen LogP contribution in [0.4, 0.5) is 11.4 Å². The molecule has 0 radical (unpaired) electrons. The predicted molar refractivity (Wildman–Crippen MR) is 72.3 cm³/mol. The summed E-state index contributed by atoms with van der Waals surface area (Å²) in [6, 6.07) is 6.87. The molecular formula is C13H17N3O3. The first-order valence-electron chi connectivity index (χ1n) is 6.01. The van der Waals surface area contributed by atoms with Gasteiger partial charge in [-0.3, -0.25) is 10.1 Å². The van der Waals surface area contributed by atoms with E-state index in [2.05, 4.69) is 6.07 Å². The molecule has 0 bridgehead atoms. The summed E-state index contributed by atoms with van der Waals surface area (Å²) in [6.45, 7) is 4.52. The minimum Gasteiger partial charge on any atom is -0.487 e. The van der Waals surface area contributed by atoms with Crippen LogP contribution in [-0.2, 0) is 0 Å². The van der Waals surface area contributed by atoms with Crippen molar-refractivity contribution in [3.8, 4) is 11.8 Å². The number of nitriles is 1. The summed E-state index contributed by atoms with van der Waals surface area (Å²) >= 11 is 0. The summed E-state index contributed by atoms with van der Waals surface area (Å²) in [7, 11) is 1.84. The molecular weight excluding hydrogens is 246 g/mol. The molecule has 1 aromatic carbocycles. The third kappa shape index (κ3) is 3.85. The highest BCUT2D eigenvalue weighted by molar-refractivity contribution is 5.59. The standard InChI is InChI=1S/C13H17N3O3/c1-4-19-13-7-11(5-6-12(13)16(17)18)15(3)9-10(2)8-14/h5-7,10H,4,9H2,1-3H3. The van der Waals surface area contributed by atoms with Gasteiger partial charge in [-0.25, -0.2) is 0 Å². The fraction of sp³-hybridized carbons (Fsp3) is 0.462. The van der Waals surface area contributed by atoms with Crippen LogP contribution in [0.2, 0.25) is 0 Å². The summed E-state index contributed by atoms with van der Waals surface area (Å²) in [5, 5.41) is 19.7. The maximum Gasteiger partial charge on any atom is 0.311 e. The minimum atomic E-state index is -0.466. The highest BCUT2D eigenvalue weighted by Gasteiger charge is 2.17. The molecule has 0 aromatic heterocycles. The molecule has 1 aromatic rings. The molecule has 0 aliphatic rings.